The van der Waals surface area contributed by atoms with Crippen molar-refractivity contribution < 1.29 is 9.72 Å². The molecule has 8 heteroatoms. The Bertz CT molecular complexity index is 872. The molecule has 2 aromatic rings. The van der Waals surface area contributed by atoms with E-state index in [4.69, 9.17) is 5.10 Å². The number of rotatable bonds is 3. The van der Waals surface area contributed by atoms with Gasteiger partial charge in [-0.3, -0.25) is 14.9 Å². The van der Waals surface area contributed by atoms with Gasteiger partial charge in [0.1, 0.15) is 5.82 Å². The Morgan fingerprint density at radius 1 is 1.22 bits per heavy atom. The molecule has 1 fully saturated rings. The zero-order valence-corrected chi connectivity index (χ0v) is 16.0. The Kier molecular flexibility index (Phi) is 4.90. The fourth-order valence-corrected chi connectivity index (χ4v) is 5.22. The van der Waals surface area contributed by atoms with Crippen LogP contribution < -0.4 is 5.32 Å². The molecular weight excluding hydrogens is 364 g/mol. The van der Waals surface area contributed by atoms with Crippen LogP contribution in [0.15, 0.2) is 24.3 Å². The number of non-ortho nitro benzene ring substituents is 1. The van der Waals surface area contributed by atoms with E-state index in [9.17, 15) is 14.9 Å². The fraction of sp³-hybridized carbons (Fsp3) is 0.474. The average Bonchev–Trinajstić information content (AvgIpc) is 2.88. The normalized spacial score (nSPS) is 20.6. The van der Waals surface area contributed by atoms with Crippen molar-refractivity contribution in [3.8, 4) is 0 Å². The van der Waals surface area contributed by atoms with Crippen molar-refractivity contribution in [3.63, 3.8) is 0 Å². The Morgan fingerprint density at radius 3 is 2.59 bits per heavy atom. The summed E-state index contributed by atoms with van der Waals surface area (Å²) in [6, 6.07) is 6.94. The molecule has 7 nitrogen and oxygen atoms in total. The zero-order chi connectivity index (χ0) is 19.0. The van der Waals surface area contributed by atoms with Gasteiger partial charge in [0.25, 0.3) is 5.69 Å². The number of carbonyl (C=O) groups excluding carboxylic acids is 1. The van der Waals surface area contributed by atoms with Crippen LogP contribution in [0, 0.1) is 17.0 Å². The van der Waals surface area contributed by atoms with Gasteiger partial charge in [-0.2, -0.15) is 5.10 Å². The Balaban J connectivity index is 1.76. The number of nitrogens with zero attached hydrogens (tertiary/aromatic N) is 3. The predicted molar refractivity (Wildman–Crippen MR) is 105 cm³/mol. The Morgan fingerprint density at radius 2 is 1.93 bits per heavy atom. The van der Waals surface area contributed by atoms with Crippen molar-refractivity contribution in [1.82, 2.24) is 9.78 Å². The van der Waals surface area contributed by atoms with Crippen molar-refractivity contribution in [2.24, 2.45) is 0 Å². The monoisotopic (exact) mass is 386 g/mol. The lowest BCUT2D eigenvalue weighted by Gasteiger charge is -2.24. The third-order valence-electron chi connectivity index (χ3n) is 5.36. The lowest BCUT2D eigenvalue weighted by atomic mass is 9.95. The summed E-state index contributed by atoms with van der Waals surface area (Å²) in [6.07, 6.45) is 5.80. The van der Waals surface area contributed by atoms with E-state index < -0.39 is 4.92 Å². The van der Waals surface area contributed by atoms with Crippen molar-refractivity contribution in [2.45, 2.75) is 50.3 Å². The highest BCUT2D eigenvalue weighted by molar-refractivity contribution is 8.00. The van der Waals surface area contributed by atoms with Gasteiger partial charge in [0, 0.05) is 17.7 Å². The first-order valence-electron chi connectivity index (χ1n) is 9.29. The van der Waals surface area contributed by atoms with Crippen molar-refractivity contribution >= 4 is 29.2 Å². The number of carbonyl (C=O) groups is 1. The molecule has 1 aliphatic heterocycles. The smallest absolute Gasteiger partial charge is 0.269 e. The first kappa shape index (κ1) is 18.0. The summed E-state index contributed by atoms with van der Waals surface area (Å²) in [5, 5.41) is 18.7. The molecule has 1 atom stereocenters. The van der Waals surface area contributed by atoms with Crippen LogP contribution in [0.25, 0.3) is 0 Å². The minimum atomic E-state index is -0.396. The quantitative estimate of drug-likeness (QED) is 0.624. The standard InChI is InChI=1S/C19H22N4O3S/c1-12-17-18(13-7-9-15(10-8-13)23(25)26)27-11-16(24)20-19(17)22(21-12)14-5-3-2-4-6-14/h7-10,14,18H,2-6,11H2,1H3,(H,20,24)/t18-/m1/s1. The summed E-state index contributed by atoms with van der Waals surface area (Å²) < 4.78 is 2.02. The van der Waals surface area contributed by atoms with Crippen LogP contribution in [0.5, 0.6) is 0 Å². The molecule has 1 amide bonds. The van der Waals surface area contributed by atoms with Gasteiger partial charge in [-0.25, -0.2) is 4.68 Å². The first-order chi connectivity index (χ1) is 13.0. The van der Waals surface area contributed by atoms with Crippen molar-refractivity contribution in [1.29, 1.82) is 0 Å². The maximum atomic E-state index is 12.3. The topological polar surface area (TPSA) is 90.1 Å². The van der Waals surface area contributed by atoms with Gasteiger partial charge in [0.2, 0.25) is 5.91 Å². The lowest BCUT2D eigenvalue weighted by molar-refractivity contribution is -0.384. The highest BCUT2D eigenvalue weighted by Crippen LogP contribution is 2.45. The van der Waals surface area contributed by atoms with E-state index in [0.29, 0.717) is 11.8 Å². The van der Waals surface area contributed by atoms with Crippen LogP contribution >= 0.6 is 11.8 Å². The van der Waals surface area contributed by atoms with E-state index in [1.54, 1.807) is 23.9 Å². The number of nitrogens with one attached hydrogen (secondary N) is 1. The predicted octanol–water partition coefficient (Wildman–Crippen LogP) is 4.38. The molecule has 0 unspecified atom stereocenters. The number of hydrogen-bond acceptors (Lipinski definition) is 5. The second-order valence-electron chi connectivity index (χ2n) is 7.17. The number of aromatic nitrogens is 2. The maximum Gasteiger partial charge on any atom is 0.269 e. The second kappa shape index (κ2) is 7.34. The lowest BCUT2D eigenvalue weighted by Crippen LogP contribution is -2.20. The minimum Gasteiger partial charge on any atom is -0.310 e. The number of anilines is 1. The van der Waals surface area contributed by atoms with Crippen LogP contribution in [0.3, 0.4) is 0 Å². The molecule has 1 aliphatic carbocycles. The molecule has 4 rings (SSSR count). The number of hydrogen-bond donors (Lipinski definition) is 1. The molecule has 0 radical (unpaired) electrons. The van der Waals surface area contributed by atoms with E-state index in [1.165, 1.54) is 31.4 Å². The molecule has 27 heavy (non-hydrogen) atoms. The van der Waals surface area contributed by atoms with Crippen molar-refractivity contribution in [2.75, 3.05) is 11.1 Å². The van der Waals surface area contributed by atoms with Gasteiger partial charge < -0.3 is 5.32 Å². The molecule has 0 spiro atoms. The third kappa shape index (κ3) is 3.45. The van der Waals surface area contributed by atoms with Crippen molar-refractivity contribution in [3.05, 3.63) is 51.2 Å². The van der Waals surface area contributed by atoms with Crippen LogP contribution in [0.2, 0.25) is 0 Å². The summed E-state index contributed by atoms with van der Waals surface area (Å²) in [5.74, 6) is 1.13. The summed E-state index contributed by atoms with van der Waals surface area (Å²) in [6.45, 7) is 1.98. The zero-order valence-electron chi connectivity index (χ0n) is 15.2. The molecule has 1 aromatic carbocycles. The molecule has 2 heterocycles. The van der Waals surface area contributed by atoms with Gasteiger partial charge >= 0.3 is 0 Å². The van der Waals surface area contributed by atoms with Gasteiger partial charge in [-0.1, -0.05) is 31.4 Å². The molecule has 2 aliphatic rings. The number of thioether (sulfide) groups is 1. The highest BCUT2D eigenvalue weighted by Gasteiger charge is 2.32. The van der Waals surface area contributed by atoms with E-state index in [-0.39, 0.29) is 16.8 Å². The molecule has 1 N–H and O–H groups in total. The molecule has 0 bridgehead atoms. The van der Waals surface area contributed by atoms with E-state index in [0.717, 1.165) is 35.5 Å². The highest BCUT2D eigenvalue weighted by atomic mass is 32.2. The van der Waals surface area contributed by atoms with Crippen LogP contribution in [-0.4, -0.2) is 26.4 Å². The number of nitro benzene ring substituents is 1. The van der Waals surface area contributed by atoms with Gasteiger partial charge in [0.05, 0.1) is 27.7 Å². The van der Waals surface area contributed by atoms with Crippen LogP contribution in [-0.2, 0) is 4.79 Å². The summed E-state index contributed by atoms with van der Waals surface area (Å²) in [7, 11) is 0. The van der Waals surface area contributed by atoms with Gasteiger partial charge in [-0.15, -0.1) is 11.8 Å². The van der Waals surface area contributed by atoms with Crippen LogP contribution in [0.4, 0.5) is 11.5 Å². The van der Waals surface area contributed by atoms with E-state index >= 15 is 0 Å². The molecule has 142 valence electrons. The number of benzene rings is 1. The Hall–Kier alpha value is -2.35. The van der Waals surface area contributed by atoms with E-state index in [2.05, 4.69) is 5.32 Å². The summed E-state index contributed by atoms with van der Waals surface area (Å²) in [5.41, 5.74) is 2.95. The number of aryl methyl sites for hydroxylation is 1. The number of nitro groups is 1. The average molecular weight is 386 g/mol. The minimum absolute atomic E-state index is 0.0254. The second-order valence-corrected chi connectivity index (χ2v) is 8.27. The van der Waals surface area contributed by atoms with Gasteiger partial charge in [0.15, 0.2) is 0 Å². The number of amides is 1. The summed E-state index contributed by atoms with van der Waals surface area (Å²) in [4.78, 5) is 22.9. The molecule has 0 saturated heterocycles. The largest absolute Gasteiger partial charge is 0.310 e. The SMILES string of the molecule is Cc1nn(C2CCCCC2)c2c1[C@@H](c1ccc([N+](=O)[O-])cc1)SCC(=O)N2. The Labute approximate surface area is 161 Å². The molecule has 1 aromatic heterocycles. The maximum absolute atomic E-state index is 12.3. The molecule has 1 saturated carbocycles. The summed E-state index contributed by atoms with van der Waals surface area (Å²) >= 11 is 1.54. The van der Waals surface area contributed by atoms with E-state index in [1.807, 2.05) is 11.6 Å². The first-order valence-corrected chi connectivity index (χ1v) is 10.3. The van der Waals surface area contributed by atoms with Gasteiger partial charge in [-0.05, 0) is 25.3 Å². The fourth-order valence-electron chi connectivity index (χ4n) is 4.03. The van der Waals surface area contributed by atoms with Crippen LogP contribution in [0.1, 0.15) is 60.2 Å². The third-order valence-corrected chi connectivity index (χ3v) is 6.63. The molecular formula is C19H22N4O3S. The number of fused-ring (bicyclic) bond motifs is 1.